The minimum atomic E-state index is -1.21. The van der Waals surface area contributed by atoms with Crippen molar-refractivity contribution in [1.82, 2.24) is 10.2 Å². The monoisotopic (exact) mass is 547 g/mol. The molecule has 4 rings (SSSR count). The van der Waals surface area contributed by atoms with Crippen molar-refractivity contribution in [2.75, 3.05) is 18.5 Å². The first-order valence-electron chi connectivity index (χ1n) is 13.3. The Hall–Kier alpha value is -2.95. The first-order chi connectivity index (χ1) is 17.9. The summed E-state index contributed by atoms with van der Waals surface area (Å²) in [7, 11) is 0. The van der Waals surface area contributed by atoms with Crippen molar-refractivity contribution in [3.05, 3.63) is 16.0 Å². The maximum atomic E-state index is 13.3. The summed E-state index contributed by atoms with van der Waals surface area (Å²) in [5.74, 6) is -2.16. The number of anilines is 1. The van der Waals surface area contributed by atoms with E-state index in [0.29, 0.717) is 23.4 Å². The number of ether oxygens (including phenoxy) is 2. The second kappa shape index (κ2) is 10.7. The Morgan fingerprint density at radius 3 is 2.58 bits per heavy atom. The van der Waals surface area contributed by atoms with Crippen LogP contribution in [0.25, 0.3) is 0 Å². The molecule has 11 heteroatoms. The number of thiophene rings is 1. The van der Waals surface area contributed by atoms with Crippen LogP contribution < -0.4 is 10.6 Å². The van der Waals surface area contributed by atoms with Crippen LogP contribution in [0.2, 0.25) is 0 Å². The van der Waals surface area contributed by atoms with Crippen LogP contribution in [-0.2, 0) is 36.7 Å². The van der Waals surface area contributed by atoms with E-state index >= 15 is 0 Å². The predicted molar refractivity (Wildman–Crippen MR) is 141 cm³/mol. The molecule has 2 aliphatic carbocycles. The van der Waals surface area contributed by atoms with Crippen molar-refractivity contribution >= 4 is 46.1 Å². The summed E-state index contributed by atoms with van der Waals surface area (Å²) in [5.41, 5.74) is 0.122. The lowest BCUT2D eigenvalue weighted by Crippen LogP contribution is -2.54. The van der Waals surface area contributed by atoms with E-state index in [1.54, 1.807) is 6.92 Å². The second-order valence-corrected chi connectivity index (χ2v) is 12.6. The van der Waals surface area contributed by atoms with Gasteiger partial charge in [-0.1, -0.05) is 20.8 Å². The summed E-state index contributed by atoms with van der Waals surface area (Å²) >= 11 is 1.34. The van der Waals surface area contributed by atoms with Gasteiger partial charge in [0, 0.05) is 4.88 Å². The quantitative estimate of drug-likeness (QED) is 0.392. The van der Waals surface area contributed by atoms with Crippen LogP contribution in [0.15, 0.2) is 0 Å². The largest absolute Gasteiger partial charge is 0.462 e. The van der Waals surface area contributed by atoms with Gasteiger partial charge in [-0.2, -0.15) is 0 Å². The Bertz CT molecular complexity index is 1160. The average Bonchev–Trinajstić information content (AvgIpc) is 3.27. The Morgan fingerprint density at radius 2 is 1.89 bits per heavy atom. The van der Waals surface area contributed by atoms with Gasteiger partial charge in [0.05, 0.1) is 12.2 Å². The first-order valence-corrected chi connectivity index (χ1v) is 14.1. The molecule has 1 aliphatic heterocycles. The molecule has 2 N–H and O–H groups in total. The maximum Gasteiger partial charge on any atom is 0.341 e. The van der Waals surface area contributed by atoms with E-state index < -0.39 is 48.0 Å². The average molecular weight is 548 g/mol. The normalized spacial score (nSPS) is 25.0. The van der Waals surface area contributed by atoms with Crippen LogP contribution in [-0.4, -0.2) is 59.5 Å². The van der Waals surface area contributed by atoms with Crippen molar-refractivity contribution in [3.63, 3.8) is 0 Å². The van der Waals surface area contributed by atoms with Gasteiger partial charge in [-0.3, -0.25) is 19.3 Å². The highest BCUT2D eigenvalue weighted by molar-refractivity contribution is 7.17. The van der Waals surface area contributed by atoms with E-state index in [0.717, 1.165) is 47.4 Å². The van der Waals surface area contributed by atoms with Gasteiger partial charge in [0.15, 0.2) is 6.10 Å². The van der Waals surface area contributed by atoms with Gasteiger partial charge in [-0.25, -0.2) is 9.59 Å². The lowest BCUT2D eigenvalue weighted by molar-refractivity contribution is -0.155. The van der Waals surface area contributed by atoms with Crippen LogP contribution in [0.3, 0.4) is 0 Å². The molecule has 208 valence electrons. The predicted octanol–water partition coefficient (Wildman–Crippen LogP) is 3.81. The fraction of sp³-hybridized carbons (Fsp3) is 0.667. The van der Waals surface area contributed by atoms with E-state index in [1.807, 2.05) is 0 Å². The molecule has 3 atom stereocenters. The Balaban J connectivity index is 1.40. The molecular formula is C27H37N3O7S. The first kappa shape index (κ1) is 28.1. The molecule has 0 aromatic carbocycles. The van der Waals surface area contributed by atoms with E-state index in [2.05, 4.69) is 31.4 Å². The molecule has 2 fully saturated rings. The number of rotatable bonds is 7. The Labute approximate surface area is 226 Å². The fourth-order valence-corrected chi connectivity index (χ4v) is 7.63. The van der Waals surface area contributed by atoms with Gasteiger partial charge in [0.25, 0.3) is 11.8 Å². The third kappa shape index (κ3) is 5.57. The van der Waals surface area contributed by atoms with Crippen molar-refractivity contribution in [3.8, 4) is 0 Å². The second-order valence-electron chi connectivity index (χ2n) is 11.5. The van der Waals surface area contributed by atoms with Gasteiger partial charge >= 0.3 is 18.0 Å². The standard InChI is InChI=1S/C27H37N3O7S/c1-6-36-23(33)20-17-9-7-8-10-18(17)38-22(20)28-21(32)16(3)37-19(31)13-30-24(34)27(29-25(30)35)12-15(2)11-26(4,5)14-27/h15-16H,6-14H2,1-5H3,(H,28,32)(H,29,35). The lowest BCUT2D eigenvalue weighted by Gasteiger charge is -2.43. The molecule has 10 nitrogen and oxygen atoms in total. The number of hydrogen-bond donors (Lipinski definition) is 2. The molecule has 2 heterocycles. The van der Waals surface area contributed by atoms with Crippen molar-refractivity contribution in [2.45, 2.75) is 91.2 Å². The highest BCUT2D eigenvalue weighted by atomic mass is 32.1. The third-order valence-corrected chi connectivity index (χ3v) is 8.68. The molecule has 1 saturated heterocycles. The molecule has 1 saturated carbocycles. The van der Waals surface area contributed by atoms with Crippen LogP contribution in [0.5, 0.6) is 0 Å². The van der Waals surface area contributed by atoms with Crippen molar-refractivity contribution in [2.24, 2.45) is 11.3 Å². The number of imide groups is 1. The Kier molecular flexibility index (Phi) is 7.88. The molecule has 3 unspecified atom stereocenters. The number of urea groups is 1. The van der Waals surface area contributed by atoms with Crippen molar-refractivity contribution in [1.29, 1.82) is 0 Å². The van der Waals surface area contributed by atoms with Gasteiger partial charge in [0.2, 0.25) is 0 Å². The summed E-state index contributed by atoms with van der Waals surface area (Å²) in [6.45, 7) is 8.95. The van der Waals surface area contributed by atoms with E-state index in [1.165, 1.54) is 18.3 Å². The number of hydrogen-bond acceptors (Lipinski definition) is 8. The summed E-state index contributed by atoms with van der Waals surface area (Å²) < 4.78 is 10.5. The maximum absolute atomic E-state index is 13.3. The minimum absolute atomic E-state index is 0.132. The summed E-state index contributed by atoms with van der Waals surface area (Å²) in [4.78, 5) is 66.2. The van der Waals surface area contributed by atoms with Crippen LogP contribution in [0, 0.1) is 11.3 Å². The van der Waals surface area contributed by atoms with Crippen LogP contribution in [0.1, 0.15) is 87.5 Å². The summed E-state index contributed by atoms with van der Waals surface area (Å²) in [5, 5.41) is 5.94. The SMILES string of the molecule is CCOC(=O)c1c(NC(=O)C(C)OC(=O)CN2C(=O)NC3(CC(C)CC(C)(C)C3)C2=O)sc2c1CCCC2. The number of carbonyl (C=O) groups excluding carboxylic acids is 5. The van der Waals surface area contributed by atoms with Crippen LogP contribution >= 0.6 is 11.3 Å². The number of aryl methyl sites for hydroxylation is 1. The topological polar surface area (TPSA) is 131 Å². The number of fused-ring (bicyclic) bond motifs is 1. The smallest absolute Gasteiger partial charge is 0.341 e. The summed E-state index contributed by atoms with van der Waals surface area (Å²) in [6.07, 6.45) is 4.28. The van der Waals surface area contributed by atoms with E-state index in [-0.39, 0.29) is 17.9 Å². The molecule has 1 aromatic rings. The summed E-state index contributed by atoms with van der Waals surface area (Å²) in [6, 6.07) is -0.628. The molecule has 1 aromatic heterocycles. The van der Waals surface area contributed by atoms with Gasteiger partial charge in [0.1, 0.15) is 17.1 Å². The fourth-order valence-electron chi connectivity index (χ4n) is 6.35. The van der Waals surface area contributed by atoms with E-state index in [4.69, 9.17) is 9.47 Å². The molecule has 3 aliphatic rings. The molecule has 0 radical (unpaired) electrons. The lowest BCUT2D eigenvalue weighted by atomic mass is 9.64. The van der Waals surface area contributed by atoms with Gasteiger partial charge < -0.3 is 20.1 Å². The number of nitrogens with one attached hydrogen (secondary N) is 2. The third-order valence-electron chi connectivity index (χ3n) is 7.48. The highest BCUT2D eigenvalue weighted by Gasteiger charge is 2.56. The molecule has 1 spiro atoms. The molecule has 38 heavy (non-hydrogen) atoms. The van der Waals surface area contributed by atoms with Gasteiger partial charge in [-0.15, -0.1) is 11.3 Å². The van der Waals surface area contributed by atoms with Crippen LogP contribution in [0.4, 0.5) is 9.80 Å². The highest BCUT2D eigenvalue weighted by Crippen LogP contribution is 2.46. The number of amides is 4. The zero-order chi connectivity index (χ0) is 27.8. The minimum Gasteiger partial charge on any atom is -0.462 e. The van der Waals surface area contributed by atoms with Crippen molar-refractivity contribution < 1.29 is 33.4 Å². The number of nitrogens with zero attached hydrogens (tertiary/aromatic N) is 1. The number of esters is 2. The molecule has 0 bridgehead atoms. The zero-order valence-electron chi connectivity index (χ0n) is 22.7. The Morgan fingerprint density at radius 1 is 1.18 bits per heavy atom. The zero-order valence-corrected chi connectivity index (χ0v) is 23.5. The number of carbonyl (C=O) groups is 5. The molecular weight excluding hydrogens is 510 g/mol. The molecule has 4 amide bonds. The van der Waals surface area contributed by atoms with Gasteiger partial charge in [-0.05, 0) is 75.7 Å². The van der Waals surface area contributed by atoms with E-state index in [9.17, 15) is 24.0 Å².